The van der Waals surface area contributed by atoms with Crippen LogP contribution in [-0.4, -0.2) is 35.8 Å². The highest BCUT2D eigenvalue weighted by molar-refractivity contribution is 6.35. The fraction of sp³-hybridized carbons (Fsp3) is 0.217. The zero-order chi connectivity index (χ0) is 23.4. The number of esters is 1. The average molecular weight is 473 g/mol. The molecule has 0 bridgehead atoms. The monoisotopic (exact) mass is 472 g/mol. The van der Waals surface area contributed by atoms with Crippen LogP contribution in [0.15, 0.2) is 51.5 Å². The van der Waals surface area contributed by atoms with Crippen LogP contribution in [0.3, 0.4) is 0 Å². The quantitative estimate of drug-likeness (QED) is 0.259. The van der Waals surface area contributed by atoms with Gasteiger partial charge in [-0.1, -0.05) is 23.2 Å². The predicted molar refractivity (Wildman–Crippen MR) is 118 cm³/mol. The Morgan fingerprint density at radius 1 is 1.22 bits per heavy atom. The number of nitriles is 1. The molecular weight excluding hydrogens is 455 g/mol. The lowest BCUT2D eigenvalue weighted by molar-refractivity contribution is -0.141. The van der Waals surface area contributed by atoms with Gasteiger partial charge in [0.1, 0.15) is 23.2 Å². The highest BCUT2D eigenvalue weighted by Gasteiger charge is 2.35. The molecule has 164 valence electrons. The number of carbonyl (C=O) groups excluding carboxylic acids is 3. The molecule has 1 aromatic heterocycles. The fourth-order valence-corrected chi connectivity index (χ4v) is 3.56. The summed E-state index contributed by atoms with van der Waals surface area (Å²) in [6.07, 6.45) is 1.72. The number of imide groups is 1. The molecule has 0 aliphatic carbocycles. The summed E-state index contributed by atoms with van der Waals surface area (Å²) < 4.78 is 10.7. The molecule has 1 aromatic carbocycles. The largest absolute Gasteiger partial charge is 0.466 e. The lowest BCUT2D eigenvalue weighted by Crippen LogP contribution is -2.43. The molecule has 0 unspecified atom stereocenters. The molecule has 0 spiro atoms. The van der Waals surface area contributed by atoms with Gasteiger partial charge in [-0.25, -0.2) is 0 Å². The second kappa shape index (κ2) is 9.86. The summed E-state index contributed by atoms with van der Waals surface area (Å²) in [6.45, 7) is 2.86. The van der Waals surface area contributed by atoms with E-state index < -0.39 is 17.8 Å². The van der Waals surface area contributed by atoms with E-state index in [0.717, 1.165) is 4.90 Å². The van der Waals surface area contributed by atoms with Crippen LogP contribution in [0.25, 0.3) is 17.4 Å². The van der Waals surface area contributed by atoms with Gasteiger partial charge in [0.25, 0.3) is 11.8 Å². The van der Waals surface area contributed by atoms with Crippen molar-refractivity contribution in [2.24, 2.45) is 0 Å². The van der Waals surface area contributed by atoms with E-state index in [4.69, 9.17) is 32.4 Å². The lowest BCUT2D eigenvalue weighted by atomic mass is 9.94. The van der Waals surface area contributed by atoms with Gasteiger partial charge >= 0.3 is 5.97 Å². The first-order valence-corrected chi connectivity index (χ1v) is 10.4. The minimum absolute atomic E-state index is 0.00226. The summed E-state index contributed by atoms with van der Waals surface area (Å²) in [5.41, 5.74) is 0.878. The summed E-state index contributed by atoms with van der Waals surface area (Å²) in [5, 5.41) is 10.4. The molecule has 0 fully saturated rings. The van der Waals surface area contributed by atoms with Gasteiger partial charge in [0, 0.05) is 29.6 Å². The first-order valence-electron chi connectivity index (χ1n) is 9.60. The highest BCUT2D eigenvalue weighted by atomic mass is 35.5. The number of hydrogen-bond donors (Lipinski definition) is 0. The summed E-state index contributed by atoms with van der Waals surface area (Å²) in [4.78, 5) is 37.5. The van der Waals surface area contributed by atoms with Crippen LogP contribution in [0.4, 0.5) is 0 Å². The molecule has 0 saturated heterocycles. The van der Waals surface area contributed by atoms with E-state index in [2.05, 4.69) is 0 Å². The Morgan fingerprint density at radius 2 is 1.97 bits per heavy atom. The third kappa shape index (κ3) is 4.93. The number of benzene rings is 1. The standard InChI is InChI=1S/C23H18Cl2N2O5/c1-13-17(11-16-5-7-21(32-16)18-10-15(24)4-6-20(18)25)22(29)27(23(30)19(13)12-26)8-3-9-31-14(2)28/h4-7,10-11H,3,8-9H2,1-2H3/b17-11+. The van der Waals surface area contributed by atoms with Crippen LogP contribution in [-0.2, 0) is 19.1 Å². The van der Waals surface area contributed by atoms with Crippen LogP contribution < -0.4 is 0 Å². The predicted octanol–water partition coefficient (Wildman–Crippen LogP) is 4.80. The number of amides is 2. The van der Waals surface area contributed by atoms with Gasteiger partial charge < -0.3 is 9.15 Å². The van der Waals surface area contributed by atoms with Crippen molar-refractivity contribution in [3.63, 3.8) is 0 Å². The summed E-state index contributed by atoms with van der Waals surface area (Å²) in [5.74, 6) is -0.910. The molecule has 3 rings (SSSR count). The van der Waals surface area contributed by atoms with Crippen molar-refractivity contribution in [1.82, 2.24) is 4.90 Å². The van der Waals surface area contributed by atoms with E-state index >= 15 is 0 Å². The minimum atomic E-state index is -0.680. The average Bonchev–Trinajstić information content (AvgIpc) is 3.21. The smallest absolute Gasteiger partial charge is 0.302 e. The molecule has 1 aliphatic rings. The van der Waals surface area contributed by atoms with Crippen molar-refractivity contribution >= 4 is 47.1 Å². The van der Waals surface area contributed by atoms with Crippen molar-refractivity contribution < 1.29 is 23.5 Å². The van der Waals surface area contributed by atoms with Crippen molar-refractivity contribution in [3.8, 4) is 17.4 Å². The highest BCUT2D eigenvalue weighted by Crippen LogP contribution is 2.33. The molecule has 32 heavy (non-hydrogen) atoms. The summed E-state index contributed by atoms with van der Waals surface area (Å²) in [7, 11) is 0. The maximum Gasteiger partial charge on any atom is 0.302 e. The molecular formula is C23H18Cl2N2O5. The molecule has 2 aromatic rings. The third-order valence-corrected chi connectivity index (χ3v) is 5.33. The lowest BCUT2D eigenvalue weighted by Gasteiger charge is -2.27. The molecule has 2 heterocycles. The van der Waals surface area contributed by atoms with Crippen LogP contribution in [0.2, 0.25) is 10.0 Å². The van der Waals surface area contributed by atoms with Crippen molar-refractivity contribution in [1.29, 1.82) is 5.26 Å². The van der Waals surface area contributed by atoms with Crippen LogP contribution in [0, 0.1) is 11.3 Å². The molecule has 1 aliphatic heterocycles. The Labute approximate surface area is 194 Å². The normalized spacial score (nSPS) is 15.3. The number of carbonyl (C=O) groups is 3. The first-order chi connectivity index (χ1) is 15.2. The number of hydrogen-bond acceptors (Lipinski definition) is 6. The number of halogens is 2. The molecule has 9 heteroatoms. The zero-order valence-electron chi connectivity index (χ0n) is 17.3. The Balaban J connectivity index is 1.92. The Kier molecular flexibility index (Phi) is 7.18. The maximum absolute atomic E-state index is 13.0. The van der Waals surface area contributed by atoms with E-state index in [1.165, 1.54) is 19.9 Å². The van der Waals surface area contributed by atoms with Gasteiger partial charge in [-0.05, 0) is 55.3 Å². The van der Waals surface area contributed by atoms with E-state index in [-0.39, 0.29) is 36.3 Å². The summed E-state index contributed by atoms with van der Waals surface area (Å²) >= 11 is 12.3. The van der Waals surface area contributed by atoms with Gasteiger partial charge in [-0.3, -0.25) is 19.3 Å². The van der Waals surface area contributed by atoms with Crippen LogP contribution in [0.5, 0.6) is 0 Å². The van der Waals surface area contributed by atoms with Crippen molar-refractivity contribution in [2.75, 3.05) is 13.2 Å². The minimum Gasteiger partial charge on any atom is -0.466 e. The summed E-state index contributed by atoms with van der Waals surface area (Å²) in [6, 6.07) is 10.2. The molecule has 0 N–H and O–H groups in total. The van der Waals surface area contributed by atoms with Gasteiger partial charge in [-0.15, -0.1) is 0 Å². The van der Waals surface area contributed by atoms with Crippen LogP contribution in [0.1, 0.15) is 26.0 Å². The van der Waals surface area contributed by atoms with E-state index in [1.54, 1.807) is 30.3 Å². The molecule has 7 nitrogen and oxygen atoms in total. The Hall–Kier alpha value is -3.34. The Morgan fingerprint density at radius 3 is 2.66 bits per heavy atom. The Bertz CT molecular complexity index is 1200. The third-order valence-electron chi connectivity index (χ3n) is 4.76. The van der Waals surface area contributed by atoms with Crippen LogP contribution >= 0.6 is 23.2 Å². The fourth-order valence-electron chi connectivity index (χ4n) is 3.18. The van der Waals surface area contributed by atoms with E-state index in [1.807, 2.05) is 6.07 Å². The molecule has 0 radical (unpaired) electrons. The number of rotatable bonds is 6. The van der Waals surface area contributed by atoms with E-state index in [0.29, 0.717) is 27.1 Å². The van der Waals surface area contributed by atoms with Crippen molar-refractivity contribution in [3.05, 3.63) is 62.9 Å². The second-order valence-electron chi connectivity index (χ2n) is 6.95. The van der Waals surface area contributed by atoms with Gasteiger partial charge in [0.15, 0.2) is 0 Å². The maximum atomic E-state index is 13.0. The topological polar surface area (TPSA) is 101 Å². The zero-order valence-corrected chi connectivity index (χ0v) is 18.8. The molecule has 0 saturated carbocycles. The number of furan rings is 1. The van der Waals surface area contributed by atoms with E-state index in [9.17, 15) is 19.6 Å². The van der Waals surface area contributed by atoms with Gasteiger partial charge in [0.05, 0.1) is 11.6 Å². The first kappa shape index (κ1) is 23.3. The van der Waals surface area contributed by atoms with Gasteiger partial charge in [-0.2, -0.15) is 5.26 Å². The SMILES string of the molecule is CC(=O)OCCCN1C(=O)C(C#N)=C(C)/C(=C\c2ccc(-c3cc(Cl)ccc3Cl)o2)C1=O. The number of ether oxygens (including phenoxy) is 1. The molecule has 2 amide bonds. The number of nitrogens with zero attached hydrogens (tertiary/aromatic N) is 2. The molecule has 0 atom stereocenters. The van der Waals surface area contributed by atoms with Crippen molar-refractivity contribution in [2.45, 2.75) is 20.3 Å². The second-order valence-corrected chi connectivity index (χ2v) is 7.80. The van der Waals surface area contributed by atoms with Gasteiger partial charge in [0.2, 0.25) is 0 Å².